The van der Waals surface area contributed by atoms with Gasteiger partial charge in [0.1, 0.15) is 11.5 Å². The number of nitrogens with two attached hydrogens (primary N) is 1. The fourth-order valence-electron chi connectivity index (χ4n) is 2.72. The molecule has 2 N–H and O–H groups in total. The van der Waals surface area contributed by atoms with Gasteiger partial charge in [0.25, 0.3) is 0 Å². The number of aromatic nitrogens is 2. The number of halogens is 4. The molecule has 26 heavy (non-hydrogen) atoms. The largest absolute Gasteiger partial charge is 0.497 e. The highest BCUT2D eigenvalue weighted by atomic mass is 35.5. The van der Waals surface area contributed by atoms with Gasteiger partial charge in [0.05, 0.1) is 36.2 Å². The lowest BCUT2D eigenvalue weighted by atomic mass is 10.1. The van der Waals surface area contributed by atoms with E-state index in [2.05, 4.69) is 4.98 Å². The SMILES string of the molecule is COc1ccc(OC)c(-c2nc3c(Cl)cc(C(F)(F)F)cn3c2CN)c1. The van der Waals surface area contributed by atoms with Gasteiger partial charge in [-0.2, -0.15) is 13.2 Å². The Morgan fingerprint density at radius 1 is 1.19 bits per heavy atom. The molecule has 0 radical (unpaired) electrons. The van der Waals surface area contributed by atoms with Crippen molar-refractivity contribution in [3.63, 3.8) is 0 Å². The third-order valence-electron chi connectivity index (χ3n) is 3.96. The smallest absolute Gasteiger partial charge is 0.417 e. The van der Waals surface area contributed by atoms with E-state index in [0.717, 1.165) is 12.3 Å². The summed E-state index contributed by atoms with van der Waals surface area (Å²) in [5, 5.41) is -0.123. The Bertz CT molecular complexity index is 970. The van der Waals surface area contributed by atoms with E-state index < -0.39 is 11.7 Å². The normalized spacial score (nSPS) is 11.8. The fraction of sp³-hybridized carbons (Fsp3) is 0.235. The molecule has 0 saturated heterocycles. The molecular formula is C17H15ClF3N3O2. The quantitative estimate of drug-likeness (QED) is 0.733. The molecule has 0 fully saturated rings. The van der Waals surface area contributed by atoms with Crippen LogP contribution >= 0.6 is 11.6 Å². The summed E-state index contributed by atoms with van der Waals surface area (Å²) >= 11 is 6.05. The summed E-state index contributed by atoms with van der Waals surface area (Å²) < 4.78 is 51.2. The van der Waals surface area contributed by atoms with Gasteiger partial charge in [0.15, 0.2) is 5.65 Å². The molecule has 5 nitrogen and oxygen atoms in total. The Hall–Kier alpha value is -2.45. The number of hydrogen-bond donors (Lipinski definition) is 1. The van der Waals surface area contributed by atoms with Crippen LogP contribution in [-0.4, -0.2) is 23.6 Å². The van der Waals surface area contributed by atoms with Crippen molar-refractivity contribution in [1.82, 2.24) is 9.38 Å². The van der Waals surface area contributed by atoms with Crippen molar-refractivity contribution >= 4 is 17.2 Å². The molecule has 0 aliphatic rings. The first kappa shape index (κ1) is 18.3. The van der Waals surface area contributed by atoms with E-state index in [-0.39, 0.29) is 17.2 Å². The van der Waals surface area contributed by atoms with Crippen molar-refractivity contribution in [2.45, 2.75) is 12.7 Å². The first-order chi connectivity index (χ1) is 12.3. The summed E-state index contributed by atoms with van der Waals surface area (Å²) in [5.74, 6) is 1.03. The summed E-state index contributed by atoms with van der Waals surface area (Å²) in [7, 11) is 2.99. The van der Waals surface area contributed by atoms with Crippen LogP contribution < -0.4 is 15.2 Å². The van der Waals surface area contributed by atoms with E-state index in [0.29, 0.717) is 28.5 Å². The Kier molecular flexibility index (Phi) is 4.72. The highest BCUT2D eigenvalue weighted by Gasteiger charge is 2.32. The van der Waals surface area contributed by atoms with E-state index >= 15 is 0 Å². The molecule has 0 atom stereocenters. The lowest BCUT2D eigenvalue weighted by Crippen LogP contribution is -2.09. The van der Waals surface area contributed by atoms with Crippen LogP contribution in [0.4, 0.5) is 13.2 Å². The number of rotatable bonds is 4. The number of ether oxygens (including phenoxy) is 2. The molecule has 0 unspecified atom stereocenters. The van der Waals surface area contributed by atoms with Gasteiger partial charge >= 0.3 is 6.18 Å². The zero-order valence-corrected chi connectivity index (χ0v) is 14.6. The minimum absolute atomic E-state index is 0.0471. The number of fused-ring (bicyclic) bond motifs is 1. The van der Waals surface area contributed by atoms with Gasteiger partial charge in [-0.1, -0.05) is 11.6 Å². The summed E-state index contributed by atoms with van der Waals surface area (Å²) in [6.45, 7) is -0.0471. The second kappa shape index (κ2) is 6.69. The van der Waals surface area contributed by atoms with Crippen LogP contribution in [0.1, 0.15) is 11.3 Å². The average molecular weight is 386 g/mol. The fourth-order valence-corrected chi connectivity index (χ4v) is 2.97. The van der Waals surface area contributed by atoms with E-state index in [1.807, 2.05) is 0 Å². The first-order valence-electron chi connectivity index (χ1n) is 7.50. The standard InChI is InChI=1S/C17H15ClF3N3O2/c1-25-10-3-4-14(26-2)11(6-10)15-13(7-22)24-8-9(17(19,20)21)5-12(18)16(24)23-15/h3-6,8H,7,22H2,1-2H3. The number of hydrogen-bond acceptors (Lipinski definition) is 4. The van der Waals surface area contributed by atoms with Gasteiger partial charge in [0, 0.05) is 18.3 Å². The predicted molar refractivity (Wildman–Crippen MR) is 91.6 cm³/mol. The summed E-state index contributed by atoms with van der Waals surface area (Å²) in [6.07, 6.45) is -3.60. The van der Waals surface area contributed by atoms with Crippen LogP contribution in [0, 0.1) is 0 Å². The molecule has 0 bridgehead atoms. The molecule has 9 heteroatoms. The zero-order valence-electron chi connectivity index (χ0n) is 13.9. The Morgan fingerprint density at radius 3 is 2.50 bits per heavy atom. The van der Waals surface area contributed by atoms with Gasteiger partial charge in [-0.25, -0.2) is 4.98 Å². The number of methoxy groups -OCH3 is 2. The number of benzene rings is 1. The zero-order chi connectivity index (χ0) is 19.1. The number of pyridine rings is 1. The Balaban J connectivity index is 2.33. The molecule has 138 valence electrons. The van der Waals surface area contributed by atoms with Crippen LogP contribution in [0.15, 0.2) is 30.5 Å². The van der Waals surface area contributed by atoms with E-state index in [4.69, 9.17) is 26.8 Å². The maximum absolute atomic E-state index is 13.1. The molecule has 2 heterocycles. The summed E-state index contributed by atoms with van der Waals surface area (Å²) in [4.78, 5) is 4.41. The average Bonchev–Trinajstić information content (AvgIpc) is 2.99. The van der Waals surface area contributed by atoms with Crippen molar-refractivity contribution in [2.75, 3.05) is 14.2 Å². The molecule has 3 rings (SSSR count). The van der Waals surface area contributed by atoms with Crippen molar-refractivity contribution in [3.05, 3.63) is 46.7 Å². The minimum Gasteiger partial charge on any atom is -0.497 e. The molecule has 0 aliphatic heterocycles. The van der Waals surface area contributed by atoms with Crippen LogP contribution in [-0.2, 0) is 12.7 Å². The molecule has 0 saturated carbocycles. The molecule has 1 aromatic carbocycles. The van der Waals surface area contributed by atoms with Gasteiger partial charge in [0.2, 0.25) is 0 Å². The van der Waals surface area contributed by atoms with Crippen molar-refractivity contribution in [1.29, 1.82) is 0 Å². The van der Waals surface area contributed by atoms with Crippen LogP contribution in [0.25, 0.3) is 16.9 Å². The topological polar surface area (TPSA) is 61.8 Å². The minimum atomic E-state index is -4.54. The Morgan fingerprint density at radius 2 is 1.92 bits per heavy atom. The van der Waals surface area contributed by atoms with Crippen LogP contribution in [0.5, 0.6) is 11.5 Å². The molecule has 0 spiro atoms. The maximum atomic E-state index is 13.1. The Labute approximate surface area is 152 Å². The maximum Gasteiger partial charge on any atom is 0.417 e. The first-order valence-corrected chi connectivity index (χ1v) is 7.88. The second-order valence-electron chi connectivity index (χ2n) is 5.45. The number of imidazole rings is 1. The monoisotopic (exact) mass is 385 g/mol. The van der Waals surface area contributed by atoms with E-state index in [1.165, 1.54) is 18.6 Å². The van der Waals surface area contributed by atoms with E-state index in [1.54, 1.807) is 18.2 Å². The van der Waals surface area contributed by atoms with Gasteiger partial charge in [-0.05, 0) is 24.3 Å². The predicted octanol–water partition coefficient (Wildman–Crippen LogP) is 4.15. The third kappa shape index (κ3) is 3.06. The molecule has 3 aromatic rings. The second-order valence-corrected chi connectivity index (χ2v) is 5.85. The van der Waals surface area contributed by atoms with Crippen LogP contribution in [0.2, 0.25) is 5.02 Å². The molecular weight excluding hydrogens is 371 g/mol. The van der Waals surface area contributed by atoms with Crippen LogP contribution in [0.3, 0.4) is 0 Å². The number of alkyl halides is 3. The highest BCUT2D eigenvalue weighted by molar-refractivity contribution is 6.33. The van der Waals surface area contributed by atoms with Crippen molar-refractivity contribution in [2.24, 2.45) is 5.73 Å². The van der Waals surface area contributed by atoms with Crippen molar-refractivity contribution < 1.29 is 22.6 Å². The third-order valence-corrected chi connectivity index (χ3v) is 4.23. The van der Waals surface area contributed by atoms with Gasteiger partial charge in [-0.15, -0.1) is 0 Å². The molecule has 2 aromatic heterocycles. The number of nitrogens with zero attached hydrogens (tertiary/aromatic N) is 2. The molecule has 0 amide bonds. The molecule has 0 aliphatic carbocycles. The van der Waals surface area contributed by atoms with Crippen molar-refractivity contribution in [3.8, 4) is 22.8 Å². The summed E-state index contributed by atoms with van der Waals surface area (Å²) in [5.41, 5.74) is 6.41. The highest BCUT2D eigenvalue weighted by Crippen LogP contribution is 2.38. The lowest BCUT2D eigenvalue weighted by Gasteiger charge is -2.11. The van der Waals surface area contributed by atoms with Gasteiger partial charge in [-0.3, -0.25) is 0 Å². The lowest BCUT2D eigenvalue weighted by molar-refractivity contribution is -0.137. The van der Waals surface area contributed by atoms with Gasteiger partial charge < -0.3 is 19.6 Å². The van der Waals surface area contributed by atoms with E-state index in [9.17, 15) is 13.2 Å². The summed E-state index contributed by atoms with van der Waals surface area (Å²) in [6, 6.07) is 5.91.